The molecule has 118 valence electrons. The minimum Gasteiger partial charge on any atom is -0.508 e. The number of carbonyl (C=O) groups excluding carboxylic acids is 1. The molecule has 1 atom stereocenters. The number of nitrogens with one attached hydrogen (secondary N) is 1. The van der Waals surface area contributed by atoms with Crippen molar-refractivity contribution in [3.8, 4) is 5.75 Å². The highest BCUT2D eigenvalue weighted by atomic mass is 16.3. The van der Waals surface area contributed by atoms with Crippen LogP contribution in [0.1, 0.15) is 27.0 Å². The van der Waals surface area contributed by atoms with Crippen molar-refractivity contribution in [3.05, 3.63) is 101 Å². The molecule has 24 heavy (non-hydrogen) atoms. The highest BCUT2D eigenvalue weighted by Crippen LogP contribution is 2.40. The molecule has 0 spiro atoms. The van der Waals surface area contributed by atoms with Crippen molar-refractivity contribution >= 4 is 5.91 Å². The van der Waals surface area contributed by atoms with Crippen LogP contribution in [0.3, 0.4) is 0 Å². The molecule has 3 aromatic carbocycles. The number of aromatic hydroxyl groups is 1. The lowest BCUT2D eigenvalue weighted by atomic mass is 9.79. The van der Waals surface area contributed by atoms with Gasteiger partial charge >= 0.3 is 0 Å². The summed E-state index contributed by atoms with van der Waals surface area (Å²) in [4.78, 5) is 12.6. The second-order valence-corrected chi connectivity index (χ2v) is 6.11. The minimum atomic E-state index is -0.622. The zero-order valence-electron chi connectivity index (χ0n) is 13.1. The Kier molecular flexibility index (Phi) is 3.35. The van der Waals surface area contributed by atoms with Crippen LogP contribution in [0.2, 0.25) is 0 Å². The van der Waals surface area contributed by atoms with Crippen molar-refractivity contribution in [1.82, 2.24) is 5.32 Å². The monoisotopic (exact) mass is 315 g/mol. The van der Waals surface area contributed by atoms with E-state index in [1.165, 1.54) is 0 Å². The summed E-state index contributed by atoms with van der Waals surface area (Å²) in [6.45, 7) is 0. The number of hydrogen-bond acceptors (Lipinski definition) is 2. The van der Waals surface area contributed by atoms with Crippen LogP contribution in [0.4, 0.5) is 0 Å². The molecule has 0 saturated heterocycles. The summed E-state index contributed by atoms with van der Waals surface area (Å²) in [5.41, 5.74) is 3.17. The number of phenols is 1. The van der Waals surface area contributed by atoms with E-state index in [1.807, 2.05) is 54.6 Å². The molecular weight excluding hydrogens is 298 g/mol. The maximum Gasteiger partial charge on any atom is 0.252 e. The Hall–Kier alpha value is -3.07. The summed E-state index contributed by atoms with van der Waals surface area (Å²) in [5.74, 6) is 0.154. The fraction of sp³-hybridized carbons (Fsp3) is 0.0952. The summed E-state index contributed by atoms with van der Waals surface area (Å²) in [6, 6.07) is 24.9. The first-order valence-electron chi connectivity index (χ1n) is 7.94. The Morgan fingerprint density at radius 1 is 0.833 bits per heavy atom. The molecule has 2 N–H and O–H groups in total. The van der Waals surface area contributed by atoms with E-state index in [-0.39, 0.29) is 11.7 Å². The maximum absolute atomic E-state index is 12.6. The van der Waals surface area contributed by atoms with Crippen molar-refractivity contribution in [3.63, 3.8) is 0 Å². The van der Waals surface area contributed by atoms with Gasteiger partial charge in [-0.05, 0) is 34.9 Å². The van der Waals surface area contributed by atoms with Crippen molar-refractivity contribution in [1.29, 1.82) is 0 Å². The molecule has 1 aliphatic rings. The quantitative estimate of drug-likeness (QED) is 0.775. The molecule has 0 aromatic heterocycles. The van der Waals surface area contributed by atoms with E-state index in [9.17, 15) is 9.90 Å². The van der Waals surface area contributed by atoms with Crippen LogP contribution in [0.5, 0.6) is 5.75 Å². The van der Waals surface area contributed by atoms with E-state index in [0.717, 1.165) is 16.7 Å². The second kappa shape index (κ2) is 5.53. The third-order valence-corrected chi connectivity index (χ3v) is 4.63. The molecule has 1 unspecified atom stereocenters. The van der Waals surface area contributed by atoms with E-state index in [1.54, 1.807) is 12.1 Å². The predicted molar refractivity (Wildman–Crippen MR) is 92.9 cm³/mol. The number of amides is 1. The van der Waals surface area contributed by atoms with Crippen molar-refractivity contribution in [2.75, 3.05) is 0 Å². The lowest BCUT2D eigenvalue weighted by molar-refractivity contribution is 0.0940. The third kappa shape index (κ3) is 2.26. The van der Waals surface area contributed by atoms with Crippen LogP contribution >= 0.6 is 0 Å². The van der Waals surface area contributed by atoms with Gasteiger partial charge in [0.2, 0.25) is 0 Å². The van der Waals surface area contributed by atoms with Gasteiger partial charge in [-0.25, -0.2) is 0 Å². The molecule has 1 aliphatic heterocycles. The average molecular weight is 315 g/mol. The van der Waals surface area contributed by atoms with Gasteiger partial charge in [0.1, 0.15) is 5.75 Å². The Morgan fingerprint density at radius 3 is 2.25 bits per heavy atom. The summed E-state index contributed by atoms with van der Waals surface area (Å²) < 4.78 is 0. The first kappa shape index (κ1) is 14.5. The zero-order chi connectivity index (χ0) is 16.6. The molecule has 0 fully saturated rings. The van der Waals surface area contributed by atoms with Gasteiger partial charge in [-0.1, -0.05) is 60.7 Å². The standard InChI is InChI=1S/C21H17NO2/c23-17-12-10-16(11-13-17)21(14-15-6-2-1-3-7-15)19-9-5-4-8-18(19)20(24)22-21/h1-13,23H,14H2,(H,22,24). The van der Waals surface area contributed by atoms with Gasteiger partial charge in [0, 0.05) is 12.0 Å². The average Bonchev–Trinajstić information content (AvgIpc) is 2.90. The summed E-state index contributed by atoms with van der Waals surface area (Å²) >= 11 is 0. The number of rotatable bonds is 3. The molecule has 0 radical (unpaired) electrons. The third-order valence-electron chi connectivity index (χ3n) is 4.63. The van der Waals surface area contributed by atoms with Crippen molar-refractivity contribution in [2.45, 2.75) is 12.0 Å². The maximum atomic E-state index is 12.6. The molecular formula is C21H17NO2. The minimum absolute atomic E-state index is 0.0605. The number of phenolic OH excluding ortho intramolecular Hbond substituents is 1. The zero-order valence-corrected chi connectivity index (χ0v) is 13.1. The highest BCUT2D eigenvalue weighted by molar-refractivity contribution is 6.00. The Morgan fingerprint density at radius 2 is 1.50 bits per heavy atom. The van der Waals surface area contributed by atoms with E-state index >= 15 is 0 Å². The molecule has 0 aliphatic carbocycles. The summed E-state index contributed by atoms with van der Waals surface area (Å²) in [7, 11) is 0. The highest BCUT2D eigenvalue weighted by Gasteiger charge is 2.44. The van der Waals surface area contributed by atoms with Gasteiger partial charge in [-0.2, -0.15) is 0 Å². The SMILES string of the molecule is O=C1NC(Cc2ccccc2)(c2ccc(O)cc2)c2ccccc21. The Balaban J connectivity index is 1.91. The fourth-order valence-electron chi connectivity index (χ4n) is 3.50. The molecule has 3 nitrogen and oxygen atoms in total. The molecule has 3 heteroatoms. The molecule has 4 rings (SSSR count). The van der Waals surface area contributed by atoms with E-state index in [2.05, 4.69) is 17.4 Å². The van der Waals surface area contributed by atoms with Gasteiger partial charge < -0.3 is 10.4 Å². The first-order valence-corrected chi connectivity index (χ1v) is 7.94. The van der Waals surface area contributed by atoms with Gasteiger partial charge in [0.05, 0.1) is 5.54 Å². The van der Waals surface area contributed by atoms with Gasteiger partial charge in [0.25, 0.3) is 5.91 Å². The lowest BCUT2D eigenvalue weighted by Gasteiger charge is -2.31. The van der Waals surface area contributed by atoms with Crippen LogP contribution in [-0.2, 0) is 12.0 Å². The summed E-state index contributed by atoms with van der Waals surface area (Å²) in [5, 5.41) is 12.8. The van der Waals surface area contributed by atoms with Gasteiger partial charge in [0.15, 0.2) is 0 Å². The lowest BCUT2D eigenvalue weighted by Crippen LogP contribution is -2.42. The normalized spacial score (nSPS) is 18.9. The molecule has 0 bridgehead atoms. The Bertz CT molecular complexity index is 887. The van der Waals surface area contributed by atoms with Crippen LogP contribution in [0.25, 0.3) is 0 Å². The largest absolute Gasteiger partial charge is 0.508 e. The molecule has 1 heterocycles. The topological polar surface area (TPSA) is 49.3 Å². The molecule has 0 saturated carbocycles. The second-order valence-electron chi connectivity index (χ2n) is 6.11. The summed E-state index contributed by atoms with van der Waals surface area (Å²) in [6.07, 6.45) is 0.654. The fourth-order valence-corrected chi connectivity index (χ4v) is 3.50. The van der Waals surface area contributed by atoms with E-state index in [0.29, 0.717) is 12.0 Å². The number of fused-ring (bicyclic) bond motifs is 1. The number of hydrogen-bond donors (Lipinski definition) is 2. The van der Waals surface area contributed by atoms with Crippen LogP contribution in [-0.4, -0.2) is 11.0 Å². The van der Waals surface area contributed by atoms with Crippen LogP contribution in [0, 0.1) is 0 Å². The van der Waals surface area contributed by atoms with Crippen LogP contribution in [0.15, 0.2) is 78.9 Å². The van der Waals surface area contributed by atoms with Gasteiger partial charge in [-0.15, -0.1) is 0 Å². The van der Waals surface area contributed by atoms with Crippen molar-refractivity contribution < 1.29 is 9.90 Å². The van der Waals surface area contributed by atoms with Crippen LogP contribution < -0.4 is 5.32 Å². The van der Waals surface area contributed by atoms with E-state index in [4.69, 9.17) is 0 Å². The van der Waals surface area contributed by atoms with Gasteiger partial charge in [-0.3, -0.25) is 4.79 Å². The smallest absolute Gasteiger partial charge is 0.252 e. The van der Waals surface area contributed by atoms with Crippen molar-refractivity contribution in [2.24, 2.45) is 0 Å². The molecule has 1 amide bonds. The number of carbonyl (C=O) groups is 1. The van der Waals surface area contributed by atoms with E-state index < -0.39 is 5.54 Å². The Labute approximate surface area is 140 Å². The molecule has 3 aromatic rings. The predicted octanol–water partition coefficient (Wildman–Crippen LogP) is 3.62. The first-order chi connectivity index (χ1) is 11.7. The number of benzene rings is 3.